The fraction of sp³-hybridized carbons (Fsp3) is 0.0769. The van der Waals surface area contributed by atoms with Crippen molar-refractivity contribution in [2.75, 3.05) is 5.73 Å². The quantitative estimate of drug-likeness (QED) is 0.681. The molecular weight excluding hydrogens is 373 g/mol. The molecule has 2 N–H and O–H groups in total. The highest BCUT2D eigenvalue weighted by Crippen LogP contribution is 2.33. The molecule has 1 aromatic carbocycles. The molecule has 0 atom stereocenters. The van der Waals surface area contributed by atoms with Crippen LogP contribution in [0.5, 0.6) is 11.6 Å². The van der Waals surface area contributed by atoms with Crippen LogP contribution in [0.2, 0.25) is 0 Å². The summed E-state index contributed by atoms with van der Waals surface area (Å²) in [6, 6.07) is 9.80. The fourth-order valence-electron chi connectivity index (χ4n) is 1.72. The first-order chi connectivity index (χ1) is 9.11. The first-order valence-electron chi connectivity index (χ1n) is 5.59. The Morgan fingerprint density at radius 3 is 2.68 bits per heavy atom. The Kier molecular flexibility index (Phi) is 3.28. The number of ether oxygens (including phenoxy) is 1. The minimum Gasteiger partial charge on any atom is -0.438 e. The van der Waals surface area contributed by atoms with E-state index in [4.69, 9.17) is 10.5 Å². The number of hydrogen-bond acceptors (Lipinski definition) is 5. The fourth-order valence-corrected chi connectivity index (χ4v) is 2.96. The van der Waals surface area contributed by atoms with Crippen LogP contribution >= 0.6 is 33.9 Å². The Morgan fingerprint density at radius 2 is 1.95 bits per heavy atom. The lowest BCUT2D eigenvalue weighted by Gasteiger charge is -2.06. The average Bonchev–Trinajstić information content (AvgIpc) is 2.72. The van der Waals surface area contributed by atoms with Gasteiger partial charge in [0.25, 0.3) is 0 Å². The van der Waals surface area contributed by atoms with Gasteiger partial charge in [-0.15, -0.1) is 11.3 Å². The van der Waals surface area contributed by atoms with E-state index < -0.39 is 0 Å². The number of rotatable bonds is 2. The number of aryl methyl sites for hydroxylation is 1. The van der Waals surface area contributed by atoms with E-state index in [1.165, 1.54) is 0 Å². The third kappa shape index (κ3) is 2.64. The second-order valence-corrected chi connectivity index (χ2v) is 6.50. The number of thiophene rings is 1. The molecule has 0 fully saturated rings. The maximum atomic E-state index is 5.81. The third-order valence-electron chi connectivity index (χ3n) is 2.53. The van der Waals surface area contributed by atoms with Crippen LogP contribution in [0.3, 0.4) is 0 Å². The van der Waals surface area contributed by atoms with E-state index in [-0.39, 0.29) is 5.95 Å². The smallest absolute Gasteiger partial charge is 0.232 e. The minimum absolute atomic E-state index is 0.231. The molecular formula is C13H10IN3OS. The maximum absolute atomic E-state index is 5.81. The molecule has 0 saturated heterocycles. The Labute approximate surface area is 127 Å². The molecule has 3 aromatic rings. The second kappa shape index (κ2) is 4.93. The zero-order valence-corrected chi connectivity index (χ0v) is 13.0. The Balaban J connectivity index is 2.06. The summed E-state index contributed by atoms with van der Waals surface area (Å²) in [5, 5.41) is 0.898. The predicted octanol–water partition coefficient (Wildman–Crippen LogP) is 3.98. The number of aromatic nitrogens is 2. The van der Waals surface area contributed by atoms with E-state index in [0.717, 1.165) is 24.4 Å². The van der Waals surface area contributed by atoms with E-state index >= 15 is 0 Å². The van der Waals surface area contributed by atoms with E-state index in [0.29, 0.717) is 5.88 Å². The van der Waals surface area contributed by atoms with Crippen LogP contribution in [0.25, 0.3) is 10.2 Å². The summed E-state index contributed by atoms with van der Waals surface area (Å²) >= 11 is 3.83. The van der Waals surface area contributed by atoms with Gasteiger partial charge in [-0.2, -0.15) is 4.98 Å². The lowest BCUT2D eigenvalue weighted by atomic mass is 10.3. The summed E-state index contributed by atoms with van der Waals surface area (Å²) in [7, 11) is 0. The van der Waals surface area contributed by atoms with E-state index in [9.17, 15) is 0 Å². The molecule has 0 aliphatic carbocycles. The van der Waals surface area contributed by atoms with Crippen LogP contribution in [0.1, 0.15) is 4.88 Å². The minimum atomic E-state index is 0.231. The SMILES string of the molecule is Cc1cc2c(Oc3ccc(I)cc3)nc(N)nc2s1. The van der Waals surface area contributed by atoms with Gasteiger partial charge in [0.15, 0.2) is 0 Å². The molecule has 0 radical (unpaired) electrons. The number of hydrogen-bond donors (Lipinski definition) is 1. The Bertz CT molecular complexity index is 739. The molecule has 96 valence electrons. The van der Waals surface area contributed by atoms with Crippen molar-refractivity contribution in [1.82, 2.24) is 9.97 Å². The van der Waals surface area contributed by atoms with Gasteiger partial charge in [-0.3, -0.25) is 0 Å². The van der Waals surface area contributed by atoms with Gasteiger partial charge in [-0.05, 0) is 59.8 Å². The molecule has 2 aromatic heterocycles. The van der Waals surface area contributed by atoms with Crippen LogP contribution in [-0.2, 0) is 0 Å². The average molecular weight is 383 g/mol. The number of nitrogen functional groups attached to an aromatic ring is 1. The van der Waals surface area contributed by atoms with Gasteiger partial charge >= 0.3 is 0 Å². The molecule has 0 amide bonds. The number of fused-ring (bicyclic) bond motifs is 1. The molecule has 0 saturated carbocycles. The van der Waals surface area contributed by atoms with Crippen LogP contribution in [0.4, 0.5) is 5.95 Å². The zero-order chi connectivity index (χ0) is 13.4. The lowest BCUT2D eigenvalue weighted by Crippen LogP contribution is -1.97. The molecule has 0 aliphatic rings. The highest BCUT2D eigenvalue weighted by atomic mass is 127. The molecule has 0 aliphatic heterocycles. The van der Waals surface area contributed by atoms with Crippen LogP contribution in [-0.4, -0.2) is 9.97 Å². The standard InChI is InChI=1S/C13H10IN3OS/c1-7-6-10-11(16-13(15)17-12(10)19-7)18-9-4-2-8(14)3-5-9/h2-6H,1H3,(H2,15,16,17). The second-order valence-electron chi connectivity index (χ2n) is 4.02. The summed E-state index contributed by atoms with van der Waals surface area (Å²) in [4.78, 5) is 10.4. The van der Waals surface area contributed by atoms with E-state index in [2.05, 4.69) is 32.6 Å². The molecule has 3 rings (SSSR count). The maximum Gasteiger partial charge on any atom is 0.232 e. The predicted molar refractivity (Wildman–Crippen MR) is 85.8 cm³/mol. The first kappa shape index (κ1) is 12.6. The summed E-state index contributed by atoms with van der Waals surface area (Å²) in [6.07, 6.45) is 0. The van der Waals surface area contributed by atoms with Gasteiger partial charge in [0, 0.05) is 8.45 Å². The van der Waals surface area contributed by atoms with Crippen molar-refractivity contribution in [3.63, 3.8) is 0 Å². The summed E-state index contributed by atoms with van der Waals surface area (Å²) in [5.41, 5.74) is 5.71. The van der Waals surface area contributed by atoms with Crippen LogP contribution in [0.15, 0.2) is 30.3 Å². The Hall–Kier alpha value is -1.41. The number of benzene rings is 1. The number of nitrogens with zero attached hydrogens (tertiary/aromatic N) is 2. The highest BCUT2D eigenvalue weighted by molar-refractivity contribution is 14.1. The molecule has 0 bridgehead atoms. The van der Waals surface area contributed by atoms with Gasteiger partial charge in [0.05, 0.1) is 5.39 Å². The van der Waals surface area contributed by atoms with E-state index in [1.54, 1.807) is 11.3 Å². The summed E-state index contributed by atoms with van der Waals surface area (Å²) in [5.74, 6) is 1.48. The van der Waals surface area contributed by atoms with Gasteiger partial charge in [-0.1, -0.05) is 0 Å². The number of halogens is 1. The van der Waals surface area contributed by atoms with Crippen molar-refractivity contribution in [2.24, 2.45) is 0 Å². The molecule has 19 heavy (non-hydrogen) atoms. The van der Waals surface area contributed by atoms with Crippen molar-refractivity contribution in [3.05, 3.63) is 38.8 Å². The van der Waals surface area contributed by atoms with Gasteiger partial charge in [0.1, 0.15) is 10.6 Å². The molecule has 0 spiro atoms. The van der Waals surface area contributed by atoms with Crippen molar-refractivity contribution in [3.8, 4) is 11.6 Å². The van der Waals surface area contributed by atoms with Crippen molar-refractivity contribution >= 4 is 50.1 Å². The third-order valence-corrected chi connectivity index (χ3v) is 4.19. The van der Waals surface area contributed by atoms with Crippen LogP contribution < -0.4 is 10.5 Å². The summed E-state index contributed by atoms with van der Waals surface area (Å²) in [6.45, 7) is 2.02. The van der Waals surface area contributed by atoms with Crippen molar-refractivity contribution in [1.29, 1.82) is 0 Å². The monoisotopic (exact) mass is 383 g/mol. The normalized spacial score (nSPS) is 10.8. The number of nitrogens with two attached hydrogens (primary N) is 1. The summed E-state index contributed by atoms with van der Waals surface area (Å²) < 4.78 is 6.97. The lowest BCUT2D eigenvalue weighted by molar-refractivity contribution is 0.469. The molecule has 0 unspecified atom stereocenters. The first-order valence-corrected chi connectivity index (χ1v) is 7.48. The van der Waals surface area contributed by atoms with Crippen molar-refractivity contribution in [2.45, 2.75) is 6.92 Å². The zero-order valence-electron chi connectivity index (χ0n) is 10.1. The molecule has 4 nitrogen and oxygen atoms in total. The van der Waals surface area contributed by atoms with Gasteiger partial charge in [-0.25, -0.2) is 4.98 Å². The van der Waals surface area contributed by atoms with Gasteiger partial charge in [0.2, 0.25) is 11.8 Å². The number of anilines is 1. The molecule has 6 heteroatoms. The highest BCUT2D eigenvalue weighted by Gasteiger charge is 2.11. The topological polar surface area (TPSA) is 61.0 Å². The largest absolute Gasteiger partial charge is 0.438 e. The molecule has 2 heterocycles. The van der Waals surface area contributed by atoms with E-state index in [1.807, 2.05) is 37.3 Å². The van der Waals surface area contributed by atoms with Crippen LogP contribution in [0, 0.1) is 10.5 Å². The van der Waals surface area contributed by atoms with Gasteiger partial charge < -0.3 is 10.5 Å². The van der Waals surface area contributed by atoms with Crippen molar-refractivity contribution < 1.29 is 4.74 Å². The Morgan fingerprint density at radius 1 is 1.21 bits per heavy atom.